The molecule has 0 aliphatic carbocycles. The van der Waals surface area contributed by atoms with E-state index in [0.717, 1.165) is 28.5 Å². The fraction of sp³-hybridized carbons (Fsp3) is 0.250. The first-order valence-electron chi connectivity index (χ1n) is 5.02. The van der Waals surface area contributed by atoms with Gasteiger partial charge in [0, 0.05) is 17.7 Å². The van der Waals surface area contributed by atoms with Crippen LogP contribution in [0.1, 0.15) is 12.5 Å². The number of aromatic nitrogens is 2. The molecule has 1 aromatic heterocycles. The Morgan fingerprint density at radius 1 is 1.27 bits per heavy atom. The van der Waals surface area contributed by atoms with Gasteiger partial charge in [-0.05, 0) is 13.8 Å². The van der Waals surface area contributed by atoms with Gasteiger partial charge in [-0.25, -0.2) is 0 Å². The molecular formula is C12H13ClN2. The number of hydrogen-bond donors (Lipinski definition) is 0. The van der Waals surface area contributed by atoms with Crippen LogP contribution in [0.25, 0.3) is 11.3 Å². The van der Waals surface area contributed by atoms with Gasteiger partial charge in [0.1, 0.15) is 5.15 Å². The van der Waals surface area contributed by atoms with Gasteiger partial charge in [0.25, 0.3) is 0 Å². The normalized spacial score (nSPS) is 10.6. The summed E-state index contributed by atoms with van der Waals surface area (Å²) < 4.78 is 1.82. The van der Waals surface area contributed by atoms with E-state index >= 15 is 0 Å². The summed E-state index contributed by atoms with van der Waals surface area (Å²) in [6, 6.07) is 10.1. The number of hydrogen-bond acceptors (Lipinski definition) is 1. The van der Waals surface area contributed by atoms with Gasteiger partial charge in [-0.15, -0.1) is 0 Å². The number of benzene rings is 1. The van der Waals surface area contributed by atoms with Crippen LogP contribution in [0.4, 0.5) is 0 Å². The summed E-state index contributed by atoms with van der Waals surface area (Å²) in [5, 5.41) is 5.22. The summed E-state index contributed by atoms with van der Waals surface area (Å²) in [7, 11) is 0. The van der Waals surface area contributed by atoms with Gasteiger partial charge >= 0.3 is 0 Å². The molecule has 2 rings (SSSR count). The lowest BCUT2D eigenvalue weighted by Crippen LogP contribution is -1.95. The lowest BCUT2D eigenvalue weighted by atomic mass is 10.1. The summed E-state index contributed by atoms with van der Waals surface area (Å²) in [4.78, 5) is 0. The molecule has 0 spiro atoms. The second-order valence-corrected chi connectivity index (χ2v) is 3.80. The van der Waals surface area contributed by atoms with Gasteiger partial charge in [-0.3, -0.25) is 4.68 Å². The van der Waals surface area contributed by atoms with E-state index in [1.54, 1.807) is 0 Å². The Morgan fingerprint density at radius 3 is 2.47 bits per heavy atom. The van der Waals surface area contributed by atoms with Crippen LogP contribution in [-0.2, 0) is 6.54 Å². The first-order chi connectivity index (χ1) is 7.24. The Balaban J connectivity index is 2.55. The highest BCUT2D eigenvalue weighted by atomic mass is 35.5. The van der Waals surface area contributed by atoms with Crippen LogP contribution in [0, 0.1) is 6.92 Å². The Hall–Kier alpha value is -1.28. The second-order valence-electron chi connectivity index (χ2n) is 3.45. The monoisotopic (exact) mass is 220 g/mol. The third-order valence-corrected chi connectivity index (χ3v) is 2.94. The minimum absolute atomic E-state index is 0.733. The van der Waals surface area contributed by atoms with Crippen molar-refractivity contribution in [3.63, 3.8) is 0 Å². The predicted molar refractivity (Wildman–Crippen MR) is 63.1 cm³/mol. The van der Waals surface area contributed by atoms with Crippen LogP contribution in [0.5, 0.6) is 0 Å². The maximum atomic E-state index is 6.16. The number of nitrogens with zero attached hydrogens (tertiary/aromatic N) is 2. The zero-order valence-corrected chi connectivity index (χ0v) is 9.62. The van der Waals surface area contributed by atoms with Gasteiger partial charge in [0.2, 0.25) is 0 Å². The molecule has 3 heteroatoms. The van der Waals surface area contributed by atoms with Crippen molar-refractivity contribution >= 4 is 11.6 Å². The summed E-state index contributed by atoms with van der Waals surface area (Å²) in [6.45, 7) is 4.84. The van der Waals surface area contributed by atoms with Crippen molar-refractivity contribution in [2.45, 2.75) is 20.4 Å². The molecule has 0 amide bonds. The van der Waals surface area contributed by atoms with Crippen molar-refractivity contribution in [2.24, 2.45) is 0 Å². The summed E-state index contributed by atoms with van der Waals surface area (Å²) in [6.07, 6.45) is 0. The molecular weight excluding hydrogens is 208 g/mol. The highest BCUT2D eigenvalue weighted by molar-refractivity contribution is 6.30. The average Bonchev–Trinajstić information content (AvgIpc) is 2.57. The second kappa shape index (κ2) is 4.07. The van der Waals surface area contributed by atoms with E-state index in [1.807, 2.05) is 48.9 Å². The van der Waals surface area contributed by atoms with Crippen molar-refractivity contribution < 1.29 is 0 Å². The SMILES string of the molecule is CCn1nc(-c2ccccc2)c(C)c1Cl. The zero-order valence-electron chi connectivity index (χ0n) is 8.87. The molecule has 2 nitrogen and oxygen atoms in total. The average molecular weight is 221 g/mol. The lowest BCUT2D eigenvalue weighted by molar-refractivity contribution is 0.662. The molecule has 0 radical (unpaired) electrons. The van der Waals surface area contributed by atoms with E-state index in [4.69, 9.17) is 11.6 Å². The third-order valence-electron chi connectivity index (χ3n) is 2.46. The Bertz CT molecular complexity index is 460. The highest BCUT2D eigenvalue weighted by Gasteiger charge is 2.12. The van der Waals surface area contributed by atoms with Gasteiger partial charge in [0.05, 0.1) is 5.69 Å². The molecule has 2 aromatic rings. The van der Waals surface area contributed by atoms with Crippen LogP contribution in [-0.4, -0.2) is 9.78 Å². The minimum Gasteiger partial charge on any atom is -0.253 e. The fourth-order valence-corrected chi connectivity index (χ4v) is 1.86. The topological polar surface area (TPSA) is 17.8 Å². The molecule has 0 fully saturated rings. The number of halogens is 1. The smallest absolute Gasteiger partial charge is 0.130 e. The zero-order chi connectivity index (χ0) is 10.8. The number of rotatable bonds is 2. The quantitative estimate of drug-likeness (QED) is 0.757. The minimum atomic E-state index is 0.733. The molecule has 0 bridgehead atoms. The fourth-order valence-electron chi connectivity index (χ4n) is 1.61. The van der Waals surface area contributed by atoms with E-state index in [2.05, 4.69) is 5.10 Å². The molecule has 0 atom stereocenters. The Kier molecular flexibility index (Phi) is 2.78. The van der Waals surface area contributed by atoms with Crippen molar-refractivity contribution in [3.05, 3.63) is 41.0 Å². The van der Waals surface area contributed by atoms with Crippen molar-refractivity contribution in [1.29, 1.82) is 0 Å². The number of aryl methyl sites for hydroxylation is 1. The van der Waals surface area contributed by atoms with Crippen LogP contribution in [0.15, 0.2) is 30.3 Å². The van der Waals surface area contributed by atoms with Gasteiger partial charge in [-0.1, -0.05) is 41.9 Å². The maximum absolute atomic E-state index is 6.16. The van der Waals surface area contributed by atoms with Crippen molar-refractivity contribution in [1.82, 2.24) is 9.78 Å². The molecule has 0 aliphatic rings. The van der Waals surface area contributed by atoms with Gasteiger partial charge in [-0.2, -0.15) is 5.10 Å². The molecule has 0 saturated carbocycles. The van der Waals surface area contributed by atoms with Gasteiger partial charge < -0.3 is 0 Å². The van der Waals surface area contributed by atoms with Crippen molar-refractivity contribution in [3.8, 4) is 11.3 Å². The Labute approximate surface area is 94.5 Å². The summed E-state index contributed by atoms with van der Waals surface area (Å²) >= 11 is 6.16. The lowest BCUT2D eigenvalue weighted by Gasteiger charge is -1.96. The highest BCUT2D eigenvalue weighted by Crippen LogP contribution is 2.27. The molecule has 1 heterocycles. The van der Waals surface area contributed by atoms with Crippen LogP contribution in [0.2, 0.25) is 5.15 Å². The Morgan fingerprint density at radius 2 is 1.93 bits per heavy atom. The van der Waals surface area contributed by atoms with E-state index in [0.29, 0.717) is 0 Å². The largest absolute Gasteiger partial charge is 0.253 e. The van der Waals surface area contributed by atoms with Crippen molar-refractivity contribution in [2.75, 3.05) is 0 Å². The van der Waals surface area contributed by atoms with E-state index in [-0.39, 0.29) is 0 Å². The first-order valence-corrected chi connectivity index (χ1v) is 5.40. The van der Waals surface area contributed by atoms with Crippen LogP contribution >= 0.6 is 11.6 Å². The first kappa shape index (κ1) is 10.2. The molecule has 15 heavy (non-hydrogen) atoms. The standard InChI is InChI=1S/C12H13ClN2/c1-3-15-12(13)9(2)11(14-15)10-7-5-4-6-8-10/h4-8H,3H2,1-2H3. The van der Waals surface area contributed by atoms with Gasteiger partial charge in [0.15, 0.2) is 0 Å². The summed E-state index contributed by atoms with van der Waals surface area (Å²) in [5.41, 5.74) is 3.14. The summed E-state index contributed by atoms with van der Waals surface area (Å²) in [5.74, 6) is 0. The molecule has 1 aromatic carbocycles. The molecule has 78 valence electrons. The molecule has 0 aliphatic heterocycles. The maximum Gasteiger partial charge on any atom is 0.130 e. The van der Waals surface area contributed by atoms with E-state index in [1.165, 1.54) is 0 Å². The van der Waals surface area contributed by atoms with Crippen LogP contribution < -0.4 is 0 Å². The molecule has 0 unspecified atom stereocenters. The molecule has 0 saturated heterocycles. The molecule has 0 N–H and O–H groups in total. The van der Waals surface area contributed by atoms with E-state index < -0.39 is 0 Å². The van der Waals surface area contributed by atoms with Crippen LogP contribution in [0.3, 0.4) is 0 Å². The predicted octanol–water partition coefficient (Wildman–Crippen LogP) is 3.53. The third kappa shape index (κ3) is 1.77. The van der Waals surface area contributed by atoms with E-state index in [9.17, 15) is 0 Å².